The number of rotatable bonds is 0. The minimum absolute atomic E-state index is 0. The number of hydrogen-bond acceptors (Lipinski definition) is 12. The van der Waals surface area contributed by atoms with Gasteiger partial charge < -0.3 is 28.4 Å². The summed E-state index contributed by atoms with van der Waals surface area (Å²) in [6, 6.07) is 0. The number of carbonyl (C=O) groups excluding carboxylic acids is 6. The van der Waals surface area contributed by atoms with Gasteiger partial charge in [-0.25, -0.2) is 28.8 Å². The summed E-state index contributed by atoms with van der Waals surface area (Å²) in [5.41, 5.74) is -2.29. The van der Waals surface area contributed by atoms with Crippen LogP contribution in [0.2, 0.25) is 0 Å². The zero-order chi connectivity index (χ0) is 23.3. The first-order valence-corrected chi connectivity index (χ1v) is 8.85. The van der Waals surface area contributed by atoms with E-state index in [9.17, 15) is 28.8 Å². The summed E-state index contributed by atoms with van der Waals surface area (Å²) in [6.45, 7) is 8.49. The van der Waals surface area contributed by atoms with Crippen LogP contribution >= 0.6 is 0 Å². The van der Waals surface area contributed by atoms with Crippen molar-refractivity contribution in [3.8, 4) is 0 Å². The van der Waals surface area contributed by atoms with Gasteiger partial charge in [-0.1, -0.05) is 7.43 Å². The molecule has 0 aromatic carbocycles. The van der Waals surface area contributed by atoms with Crippen LogP contribution < -0.4 is 0 Å². The van der Waals surface area contributed by atoms with Crippen LogP contribution in [0.3, 0.4) is 0 Å². The van der Waals surface area contributed by atoms with E-state index in [1.165, 1.54) is 41.5 Å². The highest BCUT2D eigenvalue weighted by Gasteiger charge is 2.48. The molecule has 3 fully saturated rings. The lowest BCUT2D eigenvalue weighted by Crippen LogP contribution is -2.54. The molecule has 0 amide bonds. The van der Waals surface area contributed by atoms with E-state index in [1.807, 2.05) is 0 Å². The van der Waals surface area contributed by atoms with Gasteiger partial charge in [0.25, 0.3) is 0 Å². The molecule has 0 spiro atoms. The second-order valence-corrected chi connectivity index (χ2v) is 7.28. The van der Waals surface area contributed by atoms with E-state index in [4.69, 9.17) is 9.47 Å². The van der Waals surface area contributed by atoms with E-state index in [-0.39, 0.29) is 20.6 Å². The average molecular weight is 448 g/mol. The molecule has 3 aliphatic rings. The van der Waals surface area contributed by atoms with Crippen molar-refractivity contribution in [2.45, 2.75) is 72.4 Å². The van der Waals surface area contributed by atoms with Gasteiger partial charge in [0.2, 0.25) is 11.2 Å². The van der Waals surface area contributed by atoms with Crippen molar-refractivity contribution in [3.05, 3.63) is 0 Å². The molecule has 12 heteroatoms. The Morgan fingerprint density at radius 2 is 0.935 bits per heavy atom. The Labute approximate surface area is 179 Å². The molecule has 2 unspecified atom stereocenters. The van der Waals surface area contributed by atoms with Crippen LogP contribution in [0, 0.1) is 0 Å². The van der Waals surface area contributed by atoms with Gasteiger partial charge in [0.15, 0.2) is 25.4 Å². The lowest BCUT2D eigenvalue weighted by molar-refractivity contribution is -0.218. The molecule has 3 aliphatic heterocycles. The predicted molar refractivity (Wildman–Crippen MR) is 100 cm³/mol. The molecular formula is C19H28O12. The molecule has 2 atom stereocenters. The van der Waals surface area contributed by atoms with Crippen LogP contribution in [-0.2, 0) is 57.2 Å². The van der Waals surface area contributed by atoms with Crippen molar-refractivity contribution < 1.29 is 57.2 Å². The Kier molecular flexibility index (Phi) is 9.63. The van der Waals surface area contributed by atoms with Crippen molar-refractivity contribution in [2.24, 2.45) is 0 Å². The van der Waals surface area contributed by atoms with Crippen molar-refractivity contribution in [1.82, 2.24) is 0 Å². The van der Waals surface area contributed by atoms with Crippen LogP contribution in [0.15, 0.2) is 0 Å². The first kappa shape index (κ1) is 27.8. The summed E-state index contributed by atoms with van der Waals surface area (Å²) in [6.07, 6.45) is -1.49. The summed E-state index contributed by atoms with van der Waals surface area (Å²) in [5.74, 6) is -2.94. The van der Waals surface area contributed by atoms with Crippen LogP contribution in [0.4, 0.5) is 0 Å². The van der Waals surface area contributed by atoms with Crippen molar-refractivity contribution in [3.63, 3.8) is 0 Å². The molecule has 0 bridgehead atoms. The van der Waals surface area contributed by atoms with Gasteiger partial charge in [0.05, 0.1) is 0 Å². The third kappa shape index (κ3) is 8.22. The smallest absolute Gasteiger partial charge is 0.351 e. The molecule has 31 heavy (non-hydrogen) atoms. The predicted octanol–water partition coefficient (Wildman–Crippen LogP) is 0.230. The number of hydrogen-bond donors (Lipinski definition) is 0. The van der Waals surface area contributed by atoms with E-state index < -0.39 is 59.2 Å². The first-order valence-electron chi connectivity index (χ1n) is 8.85. The molecular weight excluding hydrogens is 420 g/mol. The zero-order valence-electron chi connectivity index (χ0n) is 17.5. The highest BCUT2D eigenvalue weighted by Crippen LogP contribution is 2.26. The Morgan fingerprint density at radius 1 is 0.645 bits per heavy atom. The van der Waals surface area contributed by atoms with Crippen molar-refractivity contribution >= 4 is 35.8 Å². The molecule has 0 aromatic heterocycles. The SMILES string of the molecule is C.CC1(C)OC(=O)C(C)(C)OC1=O.CC1OC(=O)C(C)OC1=O.O=C1COC(=O)CO1. The first-order chi connectivity index (χ1) is 13.7. The van der Waals surface area contributed by atoms with Gasteiger partial charge >= 0.3 is 35.8 Å². The Bertz CT molecular complexity index is 662. The number of carbonyl (C=O) groups is 6. The zero-order valence-corrected chi connectivity index (χ0v) is 17.5. The van der Waals surface area contributed by atoms with Gasteiger partial charge in [-0.3, -0.25) is 0 Å². The van der Waals surface area contributed by atoms with Gasteiger partial charge in [-0.05, 0) is 41.5 Å². The van der Waals surface area contributed by atoms with E-state index in [1.54, 1.807) is 0 Å². The largest absolute Gasteiger partial charge is 0.451 e. The highest BCUT2D eigenvalue weighted by atomic mass is 16.7. The summed E-state index contributed by atoms with van der Waals surface area (Å²) >= 11 is 0. The second-order valence-electron chi connectivity index (χ2n) is 7.28. The van der Waals surface area contributed by atoms with E-state index >= 15 is 0 Å². The molecule has 176 valence electrons. The Balaban J connectivity index is 0.000000437. The maximum atomic E-state index is 11.2. The number of esters is 6. The monoisotopic (exact) mass is 448 g/mol. The number of ether oxygens (including phenoxy) is 6. The topological polar surface area (TPSA) is 158 Å². The fourth-order valence-electron chi connectivity index (χ4n) is 1.79. The maximum Gasteiger partial charge on any atom is 0.351 e. The lowest BCUT2D eigenvalue weighted by atomic mass is 10.0. The standard InChI is InChI=1S/C8H12O4.C6H8O4.C4H4O4.CH4/c1-7(2)5(9)12-8(3,4)6(10)11-7;1-3-5(7)10-4(2)6(8)9-3;5-3-1-7-4(6)2-8-3;/h1-4H3;3-4H,1-2H3;1-2H2;1H4. The highest BCUT2D eigenvalue weighted by molar-refractivity contribution is 5.92. The molecule has 3 saturated heterocycles. The normalized spacial score (nSPS) is 25.7. The minimum Gasteiger partial charge on any atom is -0.451 e. The van der Waals surface area contributed by atoms with Gasteiger partial charge in [0, 0.05) is 0 Å². The lowest BCUT2D eigenvalue weighted by Gasteiger charge is -2.36. The van der Waals surface area contributed by atoms with Crippen molar-refractivity contribution in [2.75, 3.05) is 13.2 Å². The third-order valence-corrected chi connectivity index (χ3v) is 3.63. The summed E-state index contributed by atoms with van der Waals surface area (Å²) in [7, 11) is 0. The van der Waals surface area contributed by atoms with Crippen LogP contribution in [-0.4, -0.2) is 72.4 Å². The van der Waals surface area contributed by atoms with Crippen LogP contribution in [0.5, 0.6) is 0 Å². The Hall–Kier alpha value is -3.18. The minimum atomic E-state index is -1.15. The average Bonchev–Trinajstić information content (AvgIpc) is 2.62. The van der Waals surface area contributed by atoms with Gasteiger partial charge in [-0.2, -0.15) is 0 Å². The van der Waals surface area contributed by atoms with E-state index in [0.717, 1.165) is 0 Å². The molecule has 3 rings (SSSR count). The van der Waals surface area contributed by atoms with Crippen LogP contribution in [0.25, 0.3) is 0 Å². The van der Waals surface area contributed by atoms with E-state index in [2.05, 4.69) is 18.9 Å². The fourth-order valence-corrected chi connectivity index (χ4v) is 1.79. The Morgan fingerprint density at radius 3 is 1.19 bits per heavy atom. The molecule has 3 heterocycles. The van der Waals surface area contributed by atoms with Crippen LogP contribution in [0.1, 0.15) is 49.0 Å². The molecule has 0 saturated carbocycles. The van der Waals surface area contributed by atoms with E-state index in [0.29, 0.717) is 0 Å². The summed E-state index contributed by atoms with van der Waals surface area (Å²) in [4.78, 5) is 63.9. The maximum absolute atomic E-state index is 11.2. The fraction of sp³-hybridized carbons (Fsp3) is 0.684. The number of cyclic esters (lactones) is 6. The molecule has 0 aromatic rings. The summed E-state index contributed by atoms with van der Waals surface area (Å²) < 4.78 is 27.5. The second kappa shape index (κ2) is 10.7. The quantitative estimate of drug-likeness (QED) is 0.367. The molecule has 12 nitrogen and oxygen atoms in total. The van der Waals surface area contributed by atoms with Gasteiger partial charge in [0.1, 0.15) is 0 Å². The third-order valence-electron chi connectivity index (χ3n) is 3.63. The summed E-state index contributed by atoms with van der Waals surface area (Å²) in [5, 5.41) is 0. The van der Waals surface area contributed by atoms with Gasteiger partial charge in [-0.15, -0.1) is 0 Å². The van der Waals surface area contributed by atoms with Crippen molar-refractivity contribution in [1.29, 1.82) is 0 Å². The molecule has 0 N–H and O–H groups in total. The molecule has 0 aliphatic carbocycles. The molecule has 0 radical (unpaired) electrons.